The zero-order valence-corrected chi connectivity index (χ0v) is 18.0. The second kappa shape index (κ2) is 10.4. The molecule has 2 amide bonds. The summed E-state index contributed by atoms with van der Waals surface area (Å²) in [7, 11) is 0. The molecule has 1 saturated heterocycles. The number of hydrogen-bond acceptors (Lipinski definition) is 5. The fourth-order valence-electron chi connectivity index (χ4n) is 3.31. The minimum Gasteiger partial charge on any atom is -0.491 e. The van der Waals surface area contributed by atoms with Crippen LogP contribution < -0.4 is 10.1 Å². The van der Waals surface area contributed by atoms with Gasteiger partial charge in [-0.15, -0.1) is 11.3 Å². The van der Waals surface area contributed by atoms with E-state index in [-0.39, 0.29) is 17.9 Å². The lowest BCUT2D eigenvalue weighted by Gasteiger charge is -2.20. The highest BCUT2D eigenvalue weighted by Crippen LogP contribution is 2.26. The van der Waals surface area contributed by atoms with Crippen molar-refractivity contribution in [3.8, 4) is 16.3 Å². The van der Waals surface area contributed by atoms with Crippen LogP contribution in [0.15, 0.2) is 29.6 Å². The zero-order valence-electron chi connectivity index (χ0n) is 17.1. The highest BCUT2D eigenvalue weighted by atomic mass is 32.1. The summed E-state index contributed by atoms with van der Waals surface area (Å²) in [6.45, 7) is 5.98. The number of carbonyl (C=O) groups is 2. The van der Waals surface area contributed by atoms with Crippen LogP contribution in [0.25, 0.3) is 10.6 Å². The average Bonchev–Trinajstić information content (AvgIpc) is 3.03. The molecule has 2 heterocycles. The van der Waals surface area contributed by atoms with E-state index in [0.29, 0.717) is 18.7 Å². The number of nitrogens with one attached hydrogen (secondary N) is 1. The number of likely N-dealkylation sites (tertiary alicyclic amines) is 1. The van der Waals surface area contributed by atoms with Crippen LogP contribution >= 0.6 is 11.3 Å². The first-order valence-electron chi connectivity index (χ1n) is 10.3. The maximum absolute atomic E-state index is 12.4. The number of benzene rings is 1. The maximum atomic E-state index is 12.4. The van der Waals surface area contributed by atoms with E-state index in [1.807, 2.05) is 43.0 Å². The lowest BCUT2D eigenvalue weighted by Crippen LogP contribution is -2.35. The standard InChI is InChI=1S/C22H29N3O3S/c1-16(2)28-18-9-7-17(8-10-18)22-24-19(15-29-22)21(27)23-12-11-20(26)25-13-5-3-4-6-14-25/h7-10,15-16H,3-6,11-14H2,1-2H3,(H,23,27). The normalized spacial score (nSPS) is 14.5. The summed E-state index contributed by atoms with van der Waals surface area (Å²) in [5, 5.41) is 5.35. The van der Waals surface area contributed by atoms with Gasteiger partial charge in [0.15, 0.2) is 0 Å². The topological polar surface area (TPSA) is 71.5 Å². The summed E-state index contributed by atoms with van der Waals surface area (Å²) in [6.07, 6.45) is 5.00. The predicted octanol–water partition coefficient (Wildman–Crippen LogP) is 4.12. The minimum atomic E-state index is -0.240. The molecule has 1 fully saturated rings. The second-order valence-corrected chi connectivity index (χ2v) is 8.39. The fraction of sp³-hybridized carbons (Fsp3) is 0.500. The molecule has 1 aliphatic rings. The molecule has 6 nitrogen and oxygen atoms in total. The van der Waals surface area contributed by atoms with E-state index in [4.69, 9.17) is 4.74 Å². The van der Waals surface area contributed by atoms with E-state index >= 15 is 0 Å². The Balaban J connectivity index is 1.49. The third kappa shape index (κ3) is 6.29. The van der Waals surface area contributed by atoms with Gasteiger partial charge < -0.3 is 15.0 Å². The van der Waals surface area contributed by atoms with Gasteiger partial charge in [-0.1, -0.05) is 12.8 Å². The van der Waals surface area contributed by atoms with Crippen molar-refractivity contribution in [1.29, 1.82) is 0 Å². The predicted molar refractivity (Wildman–Crippen MR) is 115 cm³/mol. The lowest BCUT2D eigenvalue weighted by atomic mass is 10.2. The van der Waals surface area contributed by atoms with Crippen LogP contribution in [0.1, 0.15) is 56.4 Å². The van der Waals surface area contributed by atoms with Gasteiger partial charge in [-0.05, 0) is 51.0 Å². The van der Waals surface area contributed by atoms with Crippen molar-refractivity contribution in [3.05, 3.63) is 35.3 Å². The van der Waals surface area contributed by atoms with Crippen LogP contribution in [-0.4, -0.2) is 47.4 Å². The Kier molecular flexibility index (Phi) is 7.63. The summed E-state index contributed by atoms with van der Waals surface area (Å²) >= 11 is 1.43. The molecule has 1 aliphatic heterocycles. The molecule has 7 heteroatoms. The number of hydrogen-bond donors (Lipinski definition) is 1. The van der Waals surface area contributed by atoms with E-state index < -0.39 is 0 Å². The third-order valence-corrected chi connectivity index (χ3v) is 5.68. The number of rotatable bonds is 7. The molecule has 0 bridgehead atoms. The Hall–Kier alpha value is -2.41. The molecule has 3 rings (SSSR count). The average molecular weight is 416 g/mol. The molecular formula is C22H29N3O3S. The largest absolute Gasteiger partial charge is 0.491 e. The number of thiazole rings is 1. The first-order valence-corrected chi connectivity index (χ1v) is 11.2. The van der Waals surface area contributed by atoms with Gasteiger partial charge in [0.25, 0.3) is 5.91 Å². The van der Waals surface area contributed by atoms with Gasteiger partial charge in [-0.2, -0.15) is 0 Å². The highest BCUT2D eigenvalue weighted by Gasteiger charge is 2.16. The first kappa shape index (κ1) is 21.3. The SMILES string of the molecule is CC(C)Oc1ccc(-c2nc(C(=O)NCCC(=O)N3CCCCCC3)cs2)cc1. The van der Waals surface area contributed by atoms with E-state index in [1.54, 1.807) is 5.38 Å². The molecule has 1 aromatic heterocycles. The van der Waals surface area contributed by atoms with E-state index in [2.05, 4.69) is 10.3 Å². The van der Waals surface area contributed by atoms with E-state index in [0.717, 1.165) is 42.3 Å². The van der Waals surface area contributed by atoms with Crippen LogP contribution in [0.3, 0.4) is 0 Å². The summed E-state index contributed by atoms with van der Waals surface area (Å²) in [5.74, 6) is 0.693. The van der Waals surface area contributed by atoms with Crippen LogP contribution in [-0.2, 0) is 4.79 Å². The van der Waals surface area contributed by atoms with Crippen molar-refractivity contribution in [2.75, 3.05) is 19.6 Å². The number of carbonyl (C=O) groups excluding carboxylic acids is 2. The summed E-state index contributed by atoms with van der Waals surface area (Å²) in [6, 6.07) is 7.70. The van der Waals surface area contributed by atoms with Gasteiger partial charge in [-0.3, -0.25) is 9.59 Å². The highest BCUT2D eigenvalue weighted by molar-refractivity contribution is 7.13. The second-order valence-electron chi connectivity index (χ2n) is 7.53. The molecule has 1 N–H and O–H groups in total. The summed E-state index contributed by atoms with van der Waals surface area (Å²) in [5.41, 5.74) is 1.33. The van der Waals surface area contributed by atoms with Crippen molar-refractivity contribution >= 4 is 23.2 Å². The molecule has 0 spiro atoms. The van der Waals surface area contributed by atoms with Gasteiger partial charge in [0, 0.05) is 37.0 Å². The molecule has 0 unspecified atom stereocenters. The molecule has 0 radical (unpaired) electrons. The molecule has 2 aromatic rings. The van der Waals surface area contributed by atoms with Crippen molar-refractivity contribution in [1.82, 2.24) is 15.2 Å². The van der Waals surface area contributed by atoms with Crippen LogP contribution in [0, 0.1) is 0 Å². The lowest BCUT2D eigenvalue weighted by molar-refractivity contribution is -0.131. The van der Waals surface area contributed by atoms with Crippen LogP contribution in [0.4, 0.5) is 0 Å². The molecule has 29 heavy (non-hydrogen) atoms. The van der Waals surface area contributed by atoms with Gasteiger partial charge in [-0.25, -0.2) is 4.98 Å². The van der Waals surface area contributed by atoms with Crippen LogP contribution in [0.5, 0.6) is 5.75 Å². The quantitative estimate of drug-likeness (QED) is 0.738. The minimum absolute atomic E-state index is 0.120. The monoisotopic (exact) mass is 415 g/mol. The zero-order chi connectivity index (χ0) is 20.6. The molecule has 0 atom stereocenters. The Morgan fingerprint density at radius 1 is 1.14 bits per heavy atom. The van der Waals surface area contributed by atoms with E-state index in [9.17, 15) is 9.59 Å². The number of amides is 2. The van der Waals surface area contributed by atoms with Crippen molar-refractivity contribution in [2.45, 2.75) is 52.1 Å². The number of aromatic nitrogens is 1. The van der Waals surface area contributed by atoms with Crippen molar-refractivity contribution < 1.29 is 14.3 Å². The summed E-state index contributed by atoms with van der Waals surface area (Å²) < 4.78 is 5.65. The molecule has 0 saturated carbocycles. The summed E-state index contributed by atoms with van der Waals surface area (Å²) in [4.78, 5) is 31.0. The molecular weight excluding hydrogens is 386 g/mol. The van der Waals surface area contributed by atoms with Gasteiger partial charge >= 0.3 is 0 Å². The number of ether oxygens (including phenoxy) is 1. The smallest absolute Gasteiger partial charge is 0.270 e. The maximum Gasteiger partial charge on any atom is 0.270 e. The van der Waals surface area contributed by atoms with Crippen molar-refractivity contribution in [3.63, 3.8) is 0 Å². The van der Waals surface area contributed by atoms with Crippen LogP contribution in [0.2, 0.25) is 0 Å². The third-order valence-electron chi connectivity index (χ3n) is 4.79. The molecule has 156 valence electrons. The van der Waals surface area contributed by atoms with Crippen molar-refractivity contribution in [2.24, 2.45) is 0 Å². The van der Waals surface area contributed by atoms with Gasteiger partial charge in [0.2, 0.25) is 5.91 Å². The van der Waals surface area contributed by atoms with E-state index in [1.165, 1.54) is 24.2 Å². The van der Waals surface area contributed by atoms with Gasteiger partial charge in [0.05, 0.1) is 6.10 Å². The first-order chi connectivity index (χ1) is 14.0. The Morgan fingerprint density at radius 3 is 2.48 bits per heavy atom. The fourth-order valence-corrected chi connectivity index (χ4v) is 4.12. The Labute approximate surface area is 176 Å². The Bertz CT molecular complexity index is 809. The molecule has 1 aromatic carbocycles. The Morgan fingerprint density at radius 2 is 1.83 bits per heavy atom. The van der Waals surface area contributed by atoms with Gasteiger partial charge in [0.1, 0.15) is 16.5 Å². The molecule has 0 aliphatic carbocycles. The number of nitrogens with zero attached hydrogens (tertiary/aromatic N) is 2.